The van der Waals surface area contributed by atoms with Crippen molar-refractivity contribution in [1.82, 2.24) is 0 Å². The molecule has 0 aliphatic carbocycles. The van der Waals surface area contributed by atoms with Crippen LogP contribution in [0.1, 0.15) is 27.7 Å². The summed E-state index contributed by atoms with van der Waals surface area (Å²) in [4.78, 5) is 0. The minimum atomic E-state index is -10.7. The van der Waals surface area contributed by atoms with Crippen molar-refractivity contribution in [3.05, 3.63) is 0 Å². The summed E-state index contributed by atoms with van der Waals surface area (Å²) in [7, 11) is -6.65. The van der Waals surface area contributed by atoms with Crippen LogP contribution in [0.25, 0.3) is 0 Å². The Hall–Kier alpha value is -0.0700. The molecular formula is C9H22F6NOP. The van der Waals surface area contributed by atoms with Gasteiger partial charge in [-0.3, -0.25) is 4.48 Å². The Morgan fingerprint density at radius 3 is 1.33 bits per heavy atom. The summed E-state index contributed by atoms with van der Waals surface area (Å²) in [6, 6.07) is 0.620. The fourth-order valence-corrected chi connectivity index (χ4v) is 1.28. The maximum atomic E-state index is 9.87. The number of hydrogen-bond acceptors (Lipinski definition) is 1. The normalized spacial score (nSPS) is 21.2. The summed E-state index contributed by atoms with van der Waals surface area (Å²) in [5, 5.41) is 0. The predicted octanol–water partition coefficient (Wildman–Crippen LogP) is 5.24. The van der Waals surface area contributed by atoms with Crippen molar-refractivity contribution in [2.45, 2.75) is 40.0 Å². The summed E-state index contributed by atoms with van der Waals surface area (Å²) >= 11 is 0. The molecule has 18 heavy (non-hydrogen) atoms. The zero-order valence-corrected chi connectivity index (χ0v) is 12.3. The van der Waals surface area contributed by atoms with Crippen LogP contribution in [0.2, 0.25) is 0 Å². The summed E-state index contributed by atoms with van der Waals surface area (Å²) in [5.41, 5.74) is 0. The maximum absolute atomic E-state index is 10.7. The first-order valence-corrected chi connectivity index (χ1v) is 7.41. The van der Waals surface area contributed by atoms with Gasteiger partial charge in [-0.05, 0) is 20.8 Å². The van der Waals surface area contributed by atoms with Crippen molar-refractivity contribution in [2.24, 2.45) is 0 Å². The molecule has 0 aliphatic rings. The molecular weight excluding hydrogens is 283 g/mol. The van der Waals surface area contributed by atoms with Gasteiger partial charge in [-0.15, -0.1) is 0 Å². The first-order valence-electron chi connectivity index (χ1n) is 5.38. The molecule has 2 atom stereocenters. The average Bonchev–Trinajstić information content (AvgIpc) is 2.09. The Morgan fingerprint density at radius 2 is 1.28 bits per heavy atom. The topological polar surface area (TPSA) is 9.23 Å². The van der Waals surface area contributed by atoms with Crippen LogP contribution in [0.3, 0.4) is 0 Å². The van der Waals surface area contributed by atoms with E-state index in [9.17, 15) is 25.2 Å². The summed E-state index contributed by atoms with van der Waals surface area (Å²) in [6.45, 7) is 9.92. The molecule has 0 saturated carbocycles. The zero-order chi connectivity index (χ0) is 15.5. The number of methoxy groups -OCH3 is 1. The van der Waals surface area contributed by atoms with Crippen LogP contribution in [-0.2, 0) is 4.74 Å². The second kappa shape index (κ2) is 5.13. The van der Waals surface area contributed by atoms with Crippen LogP contribution < -0.4 is 0 Å². The molecule has 0 aliphatic heterocycles. The van der Waals surface area contributed by atoms with E-state index in [1.165, 1.54) is 0 Å². The van der Waals surface area contributed by atoms with Gasteiger partial charge < -0.3 is 4.74 Å². The van der Waals surface area contributed by atoms with Crippen molar-refractivity contribution in [1.29, 1.82) is 0 Å². The SMILES string of the molecule is CC[N+](C)(C(C)C)C(C)OC.F[P-](F)(F)(F)(F)F. The summed E-state index contributed by atoms with van der Waals surface area (Å²) in [6.07, 6.45) is 0.292. The second-order valence-corrected chi connectivity index (χ2v) is 6.47. The molecule has 2 unspecified atom stereocenters. The average molecular weight is 305 g/mol. The minimum absolute atomic E-state index is 0.292. The van der Waals surface area contributed by atoms with E-state index in [1.807, 2.05) is 0 Å². The van der Waals surface area contributed by atoms with Gasteiger partial charge in [0.15, 0.2) is 6.23 Å². The third-order valence-electron chi connectivity index (χ3n) is 3.03. The molecule has 0 radical (unpaired) electrons. The van der Waals surface area contributed by atoms with Crippen LogP contribution >= 0.6 is 7.81 Å². The Morgan fingerprint density at radius 1 is 1.00 bits per heavy atom. The van der Waals surface area contributed by atoms with E-state index in [-0.39, 0.29) is 0 Å². The Bertz CT molecular complexity index is 252. The number of hydrogen-bond donors (Lipinski definition) is 0. The van der Waals surface area contributed by atoms with E-state index >= 15 is 0 Å². The molecule has 0 fully saturated rings. The molecule has 9 heteroatoms. The third kappa shape index (κ3) is 12.4. The first-order chi connectivity index (χ1) is 7.43. The molecule has 0 aromatic carbocycles. The van der Waals surface area contributed by atoms with Crippen LogP contribution in [0.4, 0.5) is 25.2 Å². The summed E-state index contributed by atoms with van der Waals surface area (Å²) in [5.74, 6) is 0. The van der Waals surface area contributed by atoms with Crippen molar-refractivity contribution < 1.29 is 34.4 Å². The quantitative estimate of drug-likeness (QED) is 0.299. The molecule has 2 nitrogen and oxygen atoms in total. The third-order valence-corrected chi connectivity index (χ3v) is 3.03. The first kappa shape index (κ1) is 20.3. The van der Waals surface area contributed by atoms with Gasteiger partial charge in [-0.1, -0.05) is 0 Å². The van der Waals surface area contributed by atoms with Crippen LogP contribution in [0.15, 0.2) is 0 Å². The van der Waals surface area contributed by atoms with Crippen molar-refractivity contribution in [3.63, 3.8) is 0 Å². The van der Waals surface area contributed by atoms with E-state index in [4.69, 9.17) is 4.74 Å². The van der Waals surface area contributed by atoms with E-state index in [0.717, 1.165) is 11.0 Å². The van der Waals surface area contributed by atoms with Crippen molar-refractivity contribution in [2.75, 3.05) is 20.7 Å². The number of halogens is 6. The zero-order valence-electron chi connectivity index (χ0n) is 11.4. The van der Waals surface area contributed by atoms with E-state index in [1.54, 1.807) is 7.11 Å². The van der Waals surface area contributed by atoms with Gasteiger partial charge in [0.25, 0.3) is 0 Å². The Balaban J connectivity index is 0. The molecule has 0 rings (SSSR count). The second-order valence-electron chi connectivity index (χ2n) is 4.55. The molecule has 0 aromatic rings. The Kier molecular flexibility index (Phi) is 5.78. The predicted molar refractivity (Wildman–Crippen MR) is 61.9 cm³/mol. The molecule has 116 valence electrons. The van der Waals surface area contributed by atoms with Crippen molar-refractivity contribution >= 4 is 7.81 Å². The molecule has 0 saturated heterocycles. The van der Waals surface area contributed by atoms with Gasteiger partial charge >= 0.3 is 33.0 Å². The summed E-state index contributed by atoms with van der Waals surface area (Å²) < 4.78 is 65.5. The number of quaternary nitrogens is 1. The van der Waals surface area contributed by atoms with Gasteiger partial charge in [0, 0.05) is 14.0 Å². The molecule has 0 spiro atoms. The molecule has 0 heterocycles. The fourth-order valence-electron chi connectivity index (χ4n) is 1.28. The van der Waals surface area contributed by atoms with Gasteiger partial charge in [0.1, 0.15) is 0 Å². The van der Waals surface area contributed by atoms with Crippen molar-refractivity contribution in [3.8, 4) is 0 Å². The number of rotatable bonds is 4. The standard InChI is InChI=1S/C9H22NO.F6P/c1-7-10(5,8(2)3)9(4)11-6;1-7(2,3,4,5)6/h8-9H,7H2,1-6H3;/q+1;-1. The van der Waals surface area contributed by atoms with Crippen LogP contribution in [-0.4, -0.2) is 37.5 Å². The van der Waals surface area contributed by atoms with Gasteiger partial charge in [0.05, 0.1) is 19.6 Å². The molecule has 0 N–H and O–H groups in total. The number of ether oxygens (including phenoxy) is 1. The fraction of sp³-hybridized carbons (Fsp3) is 1.00. The molecule has 0 amide bonds. The Labute approximate surface area is 104 Å². The van der Waals surface area contributed by atoms with Gasteiger partial charge in [0.2, 0.25) is 0 Å². The van der Waals surface area contributed by atoms with Crippen LogP contribution in [0.5, 0.6) is 0 Å². The molecule has 0 aromatic heterocycles. The van der Waals surface area contributed by atoms with E-state index in [2.05, 4.69) is 34.7 Å². The number of nitrogens with zero attached hydrogens (tertiary/aromatic N) is 1. The van der Waals surface area contributed by atoms with Gasteiger partial charge in [-0.25, -0.2) is 0 Å². The van der Waals surface area contributed by atoms with E-state index < -0.39 is 7.81 Å². The van der Waals surface area contributed by atoms with E-state index in [0.29, 0.717) is 12.3 Å². The van der Waals surface area contributed by atoms with Gasteiger partial charge in [-0.2, -0.15) is 0 Å². The molecule has 0 bridgehead atoms. The van der Waals surface area contributed by atoms with Crippen LogP contribution in [0, 0.1) is 0 Å². The monoisotopic (exact) mass is 305 g/mol.